The average Bonchev–Trinajstić information content (AvgIpc) is 2.77. The molecule has 1 aliphatic heterocycles. The summed E-state index contributed by atoms with van der Waals surface area (Å²) in [6, 6.07) is 15.9. The van der Waals surface area contributed by atoms with E-state index in [4.69, 9.17) is 16.3 Å². The van der Waals surface area contributed by atoms with Gasteiger partial charge in [0, 0.05) is 36.4 Å². The highest BCUT2D eigenvalue weighted by Crippen LogP contribution is 2.21. The average molecular weight is 415 g/mol. The van der Waals surface area contributed by atoms with E-state index >= 15 is 0 Å². The second kappa shape index (κ2) is 9.56. The first-order chi connectivity index (χ1) is 14.0. The summed E-state index contributed by atoms with van der Waals surface area (Å²) in [5.41, 5.74) is 1.31. The fourth-order valence-corrected chi connectivity index (χ4v) is 3.36. The largest absolute Gasteiger partial charge is 0.455 e. The Morgan fingerprint density at radius 3 is 2.28 bits per heavy atom. The van der Waals surface area contributed by atoms with Crippen LogP contribution in [0.4, 0.5) is 5.69 Å². The molecule has 3 rings (SSSR count). The van der Waals surface area contributed by atoms with Gasteiger partial charge < -0.3 is 14.5 Å². The molecule has 152 valence electrons. The lowest BCUT2D eigenvalue weighted by Gasteiger charge is -2.31. The van der Waals surface area contributed by atoms with Gasteiger partial charge >= 0.3 is 5.97 Å². The number of hydrogen-bond acceptors (Lipinski definition) is 4. The highest BCUT2D eigenvalue weighted by atomic mass is 35.5. The summed E-state index contributed by atoms with van der Waals surface area (Å²) in [5.74, 6) is -1.06. The lowest BCUT2D eigenvalue weighted by Crippen LogP contribution is -2.41. The molecule has 0 aliphatic carbocycles. The molecule has 0 saturated carbocycles. The molecule has 0 N–H and O–H groups in total. The number of anilines is 1. The van der Waals surface area contributed by atoms with Crippen LogP contribution in [-0.2, 0) is 14.3 Å². The molecule has 1 fully saturated rings. The lowest BCUT2D eigenvalue weighted by molar-refractivity contribution is -0.153. The van der Waals surface area contributed by atoms with Gasteiger partial charge in [-0.25, -0.2) is 0 Å². The van der Waals surface area contributed by atoms with E-state index in [1.165, 1.54) is 4.90 Å². The number of halogens is 1. The van der Waals surface area contributed by atoms with E-state index in [9.17, 15) is 14.4 Å². The van der Waals surface area contributed by atoms with Gasteiger partial charge in [-0.05, 0) is 49.2 Å². The first kappa shape index (κ1) is 20.9. The van der Waals surface area contributed by atoms with E-state index in [1.54, 1.807) is 36.2 Å². The fourth-order valence-electron chi connectivity index (χ4n) is 3.24. The Bertz CT molecular complexity index is 862. The summed E-state index contributed by atoms with van der Waals surface area (Å²) in [5, 5.41) is 0.579. The monoisotopic (exact) mass is 414 g/mol. The minimum absolute atomic E-state index is 0.0758. The minimum atomic E-state index is -0.390. The van der Waals surface area contributed by atoms with Gasteiger partial charge in [0.2, 0.25) is 0 Å². The summed E-state index contributed by atoms with van der Waals surface area (Å²) in [7, 11) is 1.65. The molecule has 2 aromatic rings. The molecule has 0 atom stereocenters. The number of esters is 1. The van der Waals surface area contributed by atoms with Gasteiger partial charge in [-0.3, -0.25) is 14.4 Å². The van der Waals surface area contributed by atoms with Crippen LogP contribution in [0.1, 0.15) is 23.2 Å². The summed E-state index contributed by atoms with van der Waals surface area (Å²) in [6.07, 6.45) is 1.03. The van der Waals surface area contributed by atoms with E-state index < -0.39 is 5.97 Å². The number of piperidine rings is 1. The lowest BCUT2D eigenvalue weighted by atomic mass is 9.96. The van der Waals surface area contributed by atoms with Crippen LogP contribution < -0.4 is 4.90 Å². The number of amides is 2. The van der Waals surface area contributed by atoms with Crippen LogP contribution in [0, 0.1) is 5.92 Å². The SMILES string of the molecule is CN(C(=O)COC(=O)C1CCN(C(=O)c2ccc(Cl)cc2)CC1)c1ccccc1. The number of carbonyl (C=O) groups excluding carboxylic acids is 3. The molecule has 2 aromatic carbocycles. The van der Waals surface area contributed by atoms with Crippen LogP contribution in [0.3, 0.4) is 0 Å². The molecule has 0 bridgehead atoms. The van der Waals surface area contributed by atoms with Crippen molar-refractivity contribution in [2.75, 3.05) is 31.6 Å². The molecule has 0 radical (unpaired) electrons. The second-order valence-corrected chi connectivity index (χ2v) is 7.41. The van der Waals surface area contributed by atoms with Gasteiger partial charge in [-0.15, -0.1) is 0 Å². The van der Waals surface area contributed by atoms with Crippen LogP contribution >= 0.6 is 11.6 Å². The molecule has 29 heavy (non-hydrogen) atoms. The second-order valence-electron chi connectivity index (χ2n) is 6.97. The summed E-state index contributed by atoms with van der Waals surface area (Å²) < 4.78 is 5.23. The third kappa shape index (κ3) is 5.35. The van der Waals surface area contributed by atoms with Gasteiger partial charge in [-0.2, -0.15) is 0 Å². The van der Waals surface area contributed by atoms with Crippen LogP contribution in [0.2, 0.25) is 5.02 Å². The van der Waals surface area contributed by atoms with E-state index in [0.29, 0.717) is 36.5 Å². The smallest absolute Gasteiger partial charge is 0.309 e. The molecule has 0 spiro atoms. The van der Waals surface area contributed by atoms with Crippen molar-refractivity contribution in [3.05, 3.63) is 65.2 Å². The molecular weight excluding hydrogens is 392 g/mol. The van der Waals surface area contributed by atoms with Crippen molar-refractivity contribution in [2.24, 2.45) is 5.92 Å². The van der Waals surface area contributed by atoms with Crippen molar-refractivity contribution in [1.29, 1.82) is 0 Å². The number of ether oxygens (including phenoxy) is 1. The first-order valence-electron chi connectivity index (χ1n) is 9.49. The number of nitrogens with zero attached hydrogens (tertiary/aromatic N) is 2. The zero-order chi connectivity index (χ0) is 20.8. The molecule has 1 saturated heterocycles. The number of para-hydroxylation sites is 1. The van der Waals surface area contributed by atoms with Gasteiger partial charge in [0.1, 0.15) is 0 Å². The Hall–Kier alpha value is -2.86. The van der Waals surface area contributed by atoms with E-state index in [0.717, 1.165) is 5.69 Å². The van der Waals surface area contributed by atoms with Gasteiger partial charge in [-0.1, -0.05) is 29.8 Å². The Kier molecular flexibility index (Phi) is 6.88. The van der Waals surface area contributed by atoms with Crippen molar-refractivity contribution >= 4 is 35.1 Å². The molecular formula is C22H23ClN2O4. The maximum atomic E-state index is 12.5. The van der Waals surface area contributed by atoms with E-state index in [1.807, 2.05) is 30.3 Å². The molecule has 6 nitrogen and oxygen atoms in total. The maximum Gasteiger partial charge on any atom is 0.309 e. The third-order valence-corrected chi connectivity index (χ3v) is 5.31. The van der Waals surface area contributed by atoms with E-state index in [-0.39, 0.29) is 24.3 Å². The standard InChI is InChI=1S/C22H23ClN2O4/c1-24(19-5-3-2-4-6-19)20(26)15-29-22(28)17-11-13-25(14-12-17)21(27)16-7-9-18(23)10-8-16/h2-10,17H,11-15H2,1H3. The number of carbonyl (C=O) groups is 3. The van der Waals surface area contributed by atoms with Crippen LogP contribution in [-0.4, -0.2) is 49.4 Å². The van der Waals surface area contributed by atoms with Crippen molar-refractivity contribution in [3.8, 4) is 0 Å². The third-order valence-electron chi connectivity index (χ3n) is 5.06. The number of likely N-dealkylation sites (tertiary alicyclic amines) is 1. The fraction of sp³-hybridized carbons (Fsp3) is 0.318. The van der Waals surface area contributed by atoms with Crippen LogP contribution in [0.15, 0.2) is 54.6 Å². The molecule has 1 heterocycles. The topological polar surface area (TPSA) is 66.9 Å². The molecule has 7 heteroatoms. The van der Waals surface area contributed by atoms with Crippen molar-refractivity contribution in [3.63, 3.8) is 0 Å². The minimum Gasteiger partial charge on any atom is -0.455 e. The molecule has 0 aromatic heterocycles. The Labute approximate surface area is 175 Å². The van der Waals surface area contributed by atoms with Gasteiger partial charge in [0.15, 0.2) is 6.61 Å². The zero-order valence-corrected chi connectivity index (χ0v) is 17.0. The van der Waals surface area contributed by atoms with Crippen molar-refractivity contribution < 1.29 is 19.1 Å². The molecule has 0 unspecified atom stereocenters. The normalized spacial score (nSPS) is 14.3. The Balaban J connectivity index is 1.45. The van der Waals surface area contributed by atoms with E-state index in [2.05, 4.69) is 0 Å². The summed E-state index contributed by atoms with van der Waals surface area (Å²) in [4.78, 5) is 40.3. The highest BCUT2D eigenvalue weighted by molar-refractivity contribution is 6.30. The summed E-state index contributed by atoms with van der Waals surface area (Å²) >= 11 is 5.86. The number of benzene rings is 2. The van der Waals surface area contributed by atoms with Crippen molar-refractivity contribution in [1.82, 2.24) is 4.90 Å². The van der Waals surface area contributed by atoms with Crippen LogP contribution in [0.25, 0.3) is 0 Å². The molecule has 2 amide bonds. The van der Waals surface area contributed by atoms with Crippen LogP contribution in [0.5, 0.6) is 0 Å². The highest BCUT2D eigenvalue weighted by Gasteiger charge is 2.29. The van der Waals surface area contributed by atoms with Gasteiger partial charge in [0.25, 0.3) is 11.8 Å². The number of likely N-dealkylation sites (N-methyl/N-ethyl adjacent to an activating group) is 1. The first-order valence-corrected chi connectivity index (χ1v) is 9.86. The Morgan fingerprint density at radius 1 is 1.03 bits per heavy atom. The predicted octanol–water partition coefficient (Wildman–Crippen LogP) is 3.40. The maximum absolute atomic E-state index is 12.5. The number of rotatable bonds is 5. The number of hydrogen-bond donors (Lipinski definition) is 0. The quantitative estimate of drug-likeness (QED) is 0.703. The Morgan fingerprint density at radius 2 is 1.66 bits per heavy atom. The zero-order valence-electron chi connectivity index (χ0n) is 16.2. The summed E-state index contributed by atoms with van der Waals surface area (Å²) in [6.45, 7) is 0.645. The van der Waals surface area contributed by atoms with Crippen molar-refractivity contribution in [2.45, 2.75) is 12.8 Å². The molecule has 1 aliphatic rings. The predicted molar refractivity (Wildman–Crippen MR) is 111 cm³/mol. The van der Waals surface area contributed by atoms with Gasteiger partial charge in [0.05, 0.1) is 5.92 Å².